The second-order valence-electron chi connectivity index (χ2n) is 1.19. The summed E-state index contributed by atoms with van der Waals surface area (Å²) in [6.45, 7) is 0.780. The van der Waals surface area contributed by atoms with Gasteiger partial charge in [0.2, 0.25) is 0 Å². The van der Waals surface area contributed by atoms with Crippen LogP contribution >= 0.6 is 0 Å². The molecule has 0 rings (SSSR count). The van der Waals surface area contributed by atoms with E-state index in [9.17, 15) is 13.2 Å². The smallest absolute Gasteiger partial charge is 0.305 e. The molecule has 0 amide bonds. The molecule has 8 heteroatoms. The van der Waals surface area contributed by atoms with E-state index in [0.29, 0.717) is 0 Å². The van der Waals surface area contributed by atoms with Gasteiger partial charge in [0.15, 0.2) is 0 Å². The normalized spacial score (nSPS) is 9.70. The minimum atomic E-state index is -4.32. The van der Waals surface area contributed by atoms with Crippen LogP contribution in [0.15, 0.2) is 5.28 Å². The van der Waals surface area contributed by atoms with E-state index in [4.69, 9.17) is 5.53 Å². The first-order chi connectivity index (χ1) is 4.50. The van der Waals surface area contributed by atoms with Crippen LogP contribution in [0.1, 0.15) is 6.92 Å². The number of carbonyl (C=O) groups is 1. The highest BCUT2D eigenvalue weighted by atomic mass is 32.2. The minimum absolute atomic E-state index is 0.780. The quantitative estimate of drug-likeness (QED) is 0.250. The van der Waals surface area contributed by atoms with Crippen molar-refractivity contribution in [2.45, 2.75) is 6.92 Å². The predicted octanol–water partition coefficient (Wildman–Crippen LogP) is 0.105. The van der Waals surface area contributed by atoms with Gasteiger partial charge in [0, 0.05) is 11.8 Å². The molecule has 0 aromatic heterocycles. The number of nitrogens with zero attached hydrogens (tertiary/aromatic N) is 3. The third-order valence-electron chi connectivity index (χ3n) is 0.520. The molecule has 0 aromatic carbocycles. The van der Waals surface area contributed by atoms with Crippen LogP contribution in [0.3, 0.4) is 0 Å². The standard InChI is InChI=1S/C2H3N3O4S/c1-2(6)10(7,8)9-5-4-3/h1H3. The lowest BCUT2D eigenvalue weighted by Crippen LogP contribution is -2.10. The van der Waals surface area contributed by atoms with Crippen LogP contribution in [-0.2, 0) is 19.2 Å². The average Bonchev–Trinajstić information content (AvgIpc) is 1.84. The van der Waals surface area contributed by atoms with Crippen LogP contribution in [0, 0.1) is 0 Å². The van der Waals surface area contributed by atoms with Crippen molar-refractivity contribution in [3.63, 3.8) is 0 Å². The molecule has 0 aliphatic carbocycles. The van der Waals surface area contributed by atoms with Gasteiger partial charge in [-0.15, -0.1) is 0 Å². The fraction of sp³-hybridized carbons (Fsp3) is 0.500. The van der Waals surface area contributed by atoms with Crippen LogP contribution in [0.5, 0.6) is 0 Å². The molecule has 0 N–H and O–H groups in total. The molecule has 7 nitrogen and oxygen atoms in total. The average molecular weight is 165 g/mol. The summed E-state index contributed by atoms with van der Waals surface area (Å²) in [6.07, 6.45) is 0. The Morgan fingerprint density at radius 2 is 2.20 bits per heavy atom. The van der Waals surface area contributed by atoms with Crippen molar-refractivity contribution in [3.8, 4) is 0 Å². The zero-order chi connectivity index (χ0) is 8.20. The first-order valence-electron chi connectivity index (χ1n) is 1.99. The molecule has 0 bridgehead atoms. The largest absolute Gasteiger partial charge is 0.379 e. The van der Waals surface area contributed by atoms with E-state index in [1.807, 2.05) is 4.91 Å². The fourth-order valence-electron chi connectivity index (χ4n) is 0.111. The highest BCUT2D eigenvalue weighted by Gasteiger charge is 2.16. The van der Waals surface area contributed by atoms with E-state index in [1.54, 1.807) is 0 Å². The monoisotopic (exact) mass is 165 g/mol. The van der Waals surface area contributed by atoms with Crippen molar-refractivity contribution in [3.05, 3.63) is 10.4 Å². The van der Waals surface area contributed by atoms with Gasteiger partial charge in [-0.3, -0.25) is 4.79 Å². The molecule has 0 heterocycles. The first-order valence-corrected chi connectivity index (χ1v) is 3.40. The summed E-state index contributed by atoms with van der Waals surface area (Å²) in [5.74, 6) is 0. The van der Waals surface area contributed by atoms with Gasteiger partial charge in [-0.2, -0.15) is 8.42 Å². The number of hydrogen-bond donors (Lipinski definition) is 0. The molecule has 0 atom stereocenters. The highest BCUT2D eigenvalue weighted by Crippen LogP contribution is 1.94. The van der Waals surface area contributed by atoms with Crippen LogP contribution in [-0.4, -0.2) is 13.5 Å². The maximum atomic E-state index is 10.3. The Kier molecular flexibility index (Phi) is 2.65. The van der Waals surface area contributed by atoms with Crippen LogP contribution in [0.25, 0.3) is 10.4 Å². The molecular formula is C2H3N3O4S. The topological polar surface area (TPSA) is 109 Å². The molecule has 10 heavy (non-hydrogen) atoms. The molecule has 0 aliphatic heterocycles. The van der Waals surface area contributed by atoms with Crippen molar-refractivity contribution in [2.24, 2.45) is 5.28 Å². The van der Waals surface area contributed by atoms with Crippen molar-refractivity contribution >= 4 is 15.2 Å². The SMILES string of the molecule is CC(=O)S(=O)(=O)ON=[N+]=[N-]. The zero-order valence-corrected chi connectivity index (χ0v) is 5.70. The maximum absolute atomic E-state index is 10.3. The van der Waals surface area contributed by atoms with Gasteiger partial charge in [0.1, 0.15) is 5.28 Å². The number of rotatable bonds is 2. The Balaban J connectivity index is 4.45. The molecule has 0 aliphatic rings. The third kappa shape index (κ3) is 2.33. The van der Waals surface area contributed by atoms with E-state index in [2.05, 4.69) is 9.56 Å². The zero-order valence-electron chi connectivity index (χ0n) is 4.88. The summed E-state index contributed by atoms with van der Waals surface area (Å²) in [4.78, 5) is 12.0. The number of hydrogen-bond acceptors (Lipinski definition) is 5. The minimum Gasteiger partial charge on any atom is -0.305 e. The highest BCUT2D eigenvalue weighted by molar-refractivity contribution is 8.01. The summed E-state index contributed by atoms with van der Waals surface area (Å²) >= 11 is 0. The molecule has 56 valence electrons. The molecule has 0 aromatic rings. The second-order valence-corrected chi connectivity index (χ2v) is 2.82. The Labute approximate surface area is 56.3 Å². The van der Waals surface area contributed by atoms with Crippen LogP contribution in [0.2, 0.25) is 0 Å². The van der Waals surface area contributed by atoms with Crippen molar-refractivity contribution in [2.75, 3.05) is 0 Å². The second kappa shape index (κ2) is 3.04. The van der Waals surface area contributed by atoms with Crippen molar-refractivity contribution < 1.29 is 17.5 Å². The first kappa shape index (κ1) is 8.73. The van der Waals surface area contributed by atoms with Gasteiger partial charge >= 0.3 is 10.1 Å². The molecular weight excluding hydrogens is 162 g/mol. The molecule has 0 fully saturated rings. The molecule has 0 spiro atoms. The lowest BCUT2D eigenvalue weighted by molar-refractivity contribution is -0.110. The summed E-state index contributed by atoms with van der Waals surface area (Å²) in [5.41, 5.74) is 7.57. The van der Waals surface area contributed by atoms with Crippen LogP contribution < -0.4 is 0 Å². The van der Waals surface area contributed by atoms with Gasteiger partial charge in [-0.05, 0) is 5.53 Å². The van der Waals surface area contributed by atoms with Gasteiger partial charge < -0.3 is 4.28 Å². The van der Waals surface area contributed by atoms with E-state index in [0.717, 1.165) is 6.92 Å². The van der Waals surface area contributed by atoms with Crippen LogP contribution in [0.4, 0.5) is 0 Å². The Hall–Kier alpha value is -1.27. The Morgan fingerprint density at radius 1 is 1.70 bits per heavy atom. The summed E-state index contributed by atoms with van der Waals surface area (Å²) in [6, 6.07) is 0. The number of carbonyl (C=O) groups excluding carboxylic acids is 1. The van der Waals surface area contributed by atoms with Gasteiger partial charge in [-0.1, -0.05) is 0 Å². The van der Waals surface area contributed by atoms with Gasteiger partial charge in [0.05, 0.1) is 0 Å². The third-order valence-corrected chi connectivity index (χ3v) is 1.49. The Morgan fingerprint density at radius 3 is 2.50 bits per heavy atom. The molecule has 0 unspecified atom stereocenters. The lowest BCUT2D eigenvalue weighted by Gasteiger charge is -1.91. The predicted molar refractivity (Wildman–Crippen MR) is 29.8 cm³/mol. The van der Waals surface area contributed by atoms with E-state index < -0.39 is 15.2 Å². The molecule has 0 radical (unpaired) electrons. The lowest BCUT2D eigenvalue weighted by atomic mass is 10.9. The summed E-state index contributed by atoms with van der Waals surface area (Å²) in [5, 5.41) is 1.03. The molecule has 0 saturated carbocycles. The van der Waals surface area contributed by atoms with Gasteiger partial charge in [-0.25, -0.2) is 0 Å². The van der Waals surface area contributed by atoms with E-state index in [-0.39, 0.29) is 0 Å². The summed E-state index contributed by atoms with van der Waals surface area (Å²) in [7, 11) is -4.32. The van der Waals surface area contributed by atoms with Gasteiger partial charge in [0.25, 0.3) is 5.12 Å². The number of azide groups is 1. The van der Waals surface area contributed by atoms with Crippen molar-refractivity contribution in [1.82, 2.24) is 0 Å². The Bertz CT molecular complexity index is 273. The van der Waals surface area contributed by atoms with E-state index in [1.165, 1.54) is 0 Å². The molecule has 0 saturated heterocycles. The summed E-state index contributed by atoms with van der Waals surface area (Å²) < 4.78 is 24.0. The van der Waals surface area contributed by atoms with E-state index >= 15 is 0 Å². The van der Waals surface area contributed by atoms with Crippen molar-refractivity contribution in [1.29, 1.82) is 0 Å². The maximum Gasteiger partial charge on any atom is 0.379 e. The fourth-order valence-corrected chi connectivity index (χ4v) is 0.334.